The monoisotopic (exact) mass is 351 g/mol. The lowest BCUT2D eigenvalue weighted by molar-refractivity contribution is -0.0165. The quantitative estimate of drug-likeness (QED) is 0.558. The molecule has 2 N–H and O–H groups in total. The summed E-state index contributed by atoms with van der Waals surface area (Å²) in [7, 11) is 0. The van der Waals surface area contributed by atoms with Gasteiger partial charge in [-0.1, -0.05) is 0 Å². The van der Waals surface area contributed by atoms with Crippen molar-refractivity contribution >= 4 is 5.96 Å². The van der Waals surface area contributed by atoms with E-state index in [1.807, 2.05) is 0 Å². The Balaban J connectivity index is 1.46. The van der Waals surface area contributed by atoms with Crippen LogP contribution in [0.25, 0.3) is 0 Å². The summed E-state index contributed by atoms with van der Waals surface area (Å²) in [4.78, 5) is 10.1. The third-order valence-corrected chi connectivity index (χ3v) is 5.78. The predicted molar refractivity (Wildman–Crippen MR) is 103 cm³/mol. The highest BCUT2D eigenvalue weighted by Gasteiger charge is 2.32. The summed E-state index contributed by atoms with van der Waals surface area (Å²) in [5.41, 5.74) is 0. The average Bonchev–Trinajstić information content (AvgIpc) is 3.46. The van der Waals surface area contributed by atoms with Crippen molar-refractivity contribution in [3.05, 3.63) is 0 Å². The SMILES string of the molecule is CCNC(=NCC(C)N1CCOCC1C)NC1CCN(C2CC2)CC1. The molecule has 0 aromatic rings. The van der Waals surface area contributed by atoms with Crippen LogP contribution >= 0.6 is 0 Å². The minimum absolute atomic E-state index is 0.450. The normalized spacial score (nSPS) is 28.8. The van der Waals surface area contributed by atoms with Gasteiger partial charge in [0.2, 0.25) is 0 Å². The lowest BCUT2D eigenvalue weighted by atomic mass is 10.1. The van der Waals surface area contributed by atoms with E-state index in [2.05, 4.69) is 41.2 Å². The first kappa shape index (κ1) is 18.9. The molecular formula is C19H37N5O. The van der Waals surface area contributed by atoms with Gasteiger partial charge in [-0.3, -0.25) is 9.89 Å². The lowest BCUT2D eigenvalue weighted by Gasteiger charge is -2.37. The van der Waals surface area contributed by atoms with E-state index in [0.29, 0.717) is 18.1 Å². The number of nitrogens with one attached hydrogen (secondary N) is 2. The summed E-state index contributed by atoms with van der Waals surface area (Å²) >= 11 is 0. The maximum absolute atomic E-state index is 5.55. The van der Waals surface area contributed by atoms with Crippen molar-refractivity contribution < 1.29 is 4.74 Å². The molecule has 0 aromatic heterocycles. The first-order chi connectivity index (χ1) is 12.2. The highest BCUT2D eigenvalue weighted by Crippen LogP contribution is 2.29. The smallest absolute Gasteiger partial charge is 0.191 e. The van der Waals surface area contributed by atoms with Crippen molar-refractivity contribution in [3.63, 3.8) is 0 Å². The van der Waals surface area contributed by atoms with E-state index in [1.54, 1.807) is 0 Å². The molecule has 1 aliphatic carbocycles. The fourth-order valence-corrected chi connectivity index (χ4v) is 4.09. The van der Waals surface area contributed by atoms with Gasteiger partial charge >= 0.3 is 0 Å². The summed E-state index contributed by atoms with van der Waals surface area (Å²) in [6.07, 6.45) is 5.30. The van der Waals surface area contributed by atoms with Crippen LogP contribution < -0.4 is 10.6 Å². The lowest BCUT2D eigenvalue weighted by Crippen LogP contribution is -2.51. The molecule has 1 saturated carbocycles. The van der Waals surface area contributed by atoms with Gasteiger partial charge in [0.15, 0.2) is 5.96 Å². The van der Waals surface area contributed by atoms with E-state index in [9.17, 15) is 0 Å². The van der Waals surface area contributed by atoms with Gasteiger partial charge in [-0.2, -0.15) is 0 Å². The Hall–Kier alpha value is -0.850. The van der Waals surface area contributed by atoms with Gasteiger partial charge in [0, 0.05) is 50.3 Å². The van der Waals surface area contributed by atoms with Crippen LogP contribution in [0.5, 0.6) is 0 Å². The molecule has 0 bridgehead atoms. The number of nitrogens with zero attached hydrogens (tertiary/aromatic N) is 3. The zero-order valence-corrected chi connectivity index (χ0v) is 16.3. The molecule has 25 heavy (non-hydrogen) atoms. The fourth-order valence-electron chi connectivity index (χ4n) is 4.09. The number of guanidine groups is 1. The third kappa shape index (κ3) is 5.56. The molecular weight excluding hydrogens is 314 g/mol. The Morgan fingerprint density at radius 2 is 1.96 bits per heavy atom. The van der Waals surface area contributed by atoms with E-state index < -0.39 is 0 Å². The Labute approximate surface area is 153 Å². The second kappa shape index (κ2) is 9.19. The Bertz CT molecular complexity index is 432. The molecule has 6 nitrogen and oxygen atoms in total. The van der Waals surface area contributed by atoms with Crippen molar-refractivity contribution in [2.24, 2.45) is 4.99 Å². The van der Waals surface area contributed by atoms with Gasteiger partial charge in [0.25, 0.3) is 0 Å². The van der Waals surface area contributed by atoms with Gasteiger partial charge in [0.1, 0.15) is 0 Å². The summed E-state index contributed by atoms with van der Waals surface area (Å²) in [6.45, 7) is 13.6. The van der Waals surface area contributed by atoms with Crippen LogP contribution in [0.15, 0.2) is 4.99 Å². The highest BCUT2D eigenvalue weighted by atomic mass is 16.5. The predicted octanol–water partition coefficient (Wildman–Crippen LogP) is 1.28. The van der Waals surface area contributed by atoms with Crippen LogP contribution in [0, 0.1) is 0 Å². The minimum Gasteiger partial charge on any atom is -0.379 e. The van der Waals surface area contributed by atoms with Crippen molar-refractivity contribution in [3.8, 4) is 0 Å². The van der Waals surface area contributed by atoms with Crippen LogP contribution in [0.4, 0.5) is 0 Å². The first-order valence-corrected chi connectivity index (χ1v) is 10.3. The van der Waals surface area contributed by atoms with Crippen LogP contribution in [0.1, 0.15) is 46.5 Å². The molecule has 0 spiro atoms. The maximum Gasteiger partial charge on any atom is 0.191 e. The molecule has 0 amide bonds. The molecule has 6 heteroatoms. The van der Waals surface area contributed by atoms with Crippen LogP contribution in [-0.4, -0.2) is 85.9 Å². The molecule has 2 aliphatic heterocycles. The molecule has 0 radical (unpaired) electrons. The van der Waals surface area contributed by atoms with Crippen LogP contribution in [0.3, 0.4) is 0 Å². The molecule has 144 valence electrons. The topological polar surface area (TPSA) is 52.1 Å². The number of rotatable bonds is 6. The van der Waals surface area contributed by atoms with E-state index in [4.69, 9.17) is 9.73 Å². The van der Waals surface area contributed by atoms with Crippen molar-refractivity contribution in [2.75, 3.05) is 45.9 Å². The molecule has 3 fully saturated rings. The van der Waals surface area contributed by atoms with Crippen LogP contribution in [-0.2, 0) is 4.74 Å². The molecule has 2 atom stereocenters. The number of morpholine rings is 1. The highest BCUT2D eigenvalue weighted by molar-refractivity contribution is 5.80. The van der Waals surface area contributed by atoms with E-state index >= 15 is 0 Å². The molecule has 2 unspecified atom stereocenters. The maximum atomic E-state index is 5.55. The van der Waals surface area contributed by atoms with Crippen molar-refractivity contribution in [1.82, 2.24) is 20.4 Å². The second-order valence-electron chi connectivity index (χ2n) is 7.92. The molecule has 2 saturated heterocycles. The van der Waals surface area contributed by atoms with Gasteiger partial charge in [-0.15, -0.1) is 0 Å². The number of hydrogen-bond acceptors (Lipinski definition) is 4. The number of piperidine rings is 1. The van der Waals surface area contributed by atoms with Gasteiger partial charge < -0.3 is 20.3 Å². The minimum atomic E-state index is 0.450. The fraction of sp³-hybridized carbons (Fsp3) is 0.947. The average molecular weight is 352 g/mol. The summed E-state index contributed by atoms with van der Waals surface area (Å²) in [5.74, 6) is 0.986. The molecule has 3 rings (SSSR count). The van der Waals surface area contributed by atoms with Crippen LogP contribution in [0.2, 0.25) is 0 Å². The Morgan fingerprint density at radius 3 is 2.60 bits per heavy atom. The molecule has 3 aliphatic rings. The number of ether oxygens (including phenoxy) is 1. The molecule has 0 aromatic carbocycles. The standard InChI is InChI=1S/C19H37N5O/c1-4-20-19(21-13-15(2)24-11-12-25-14-16(24)3)22-17-7-9-23(10-8-17)18-5-6-18/h15-18H,4-14H2,1-3H3,(H2,20,21,22). The summed E-state index contributed by atoms with van der Waals surface area (Å²) in [6, 6.07) is 2.40. The van der Waals surface area contributed by atoms with Crippen molar-refractivity contribution in [1.29, 1.82) is 0 Å². The number of hydrogen-bond donors (Lipinski definition) is 2. The molecule has 2 heterocycles. The van der Waals surface area contributed by atoms with Gasteiger partial charge in [-0.25, -0.2) is 0 Å². The summed E-state index contributed by atoms with van der Waals surface area (Å²) < 4.78 is 5.55. The zero-order chi connectivity index (χ0) is 17.6. The van der Waals surface area contributed by atoms with Gasteiger partial charge in [-0.05, 0) is 46.5 Å². The van der Waals surface area contributed by atoms with E-state index in [1.165, 1.54) is 38.8 Å². The Kier molecular flexibility index (Phi) is 6.96. The van der Waals surface area contributed by atoms with Gasteiger partial charge in [0.05, 0.1) is 19.8 Å². The summed E-state index contributed by atoms with van der Waals surface area (Å²) in [5, 5.41) is 7.10. The number of likely N-dealkylation sites (tertiary alicyclic amines) is 1. The van der Waals surface area contributed by atoms with E-state index in [-0.39, 0.29) is 0 Å². The Morgan fingerprint density at radius 1 is 1.20 bits per heavy atom. The second-order valence-corrected chi connectivity index (χ2v) is 7.92. The number of aliphatic imine (C=N–C) groups is 1. The van der Waals surface area contributed by atoms with Crippen molar-refractivity contribution in [2.45, 2.75) is 70.6 Å². The van der Waals surface area contributed by atoms with E-state index in [0.717, 1.165) is 44.8 Å². The largest absolute Gasteiger partial charge is 0.379 e. The first-order valence-electron chi connectivity index (χ1n) is 10.3. The third-order valence-electron chi connectivity index (χ3n) is 5.78. The zero-order valence-electron chi connectivity index (χ0n) is 16.3.